The molecule has 0 aromatic heterocycles. The van der Waals surface area contributed by atoms with Crippen LogP contribution < -0.4 is 9.50 Å². The molecule has 0 radical (unpaired) electrons. The quantitative estimate of drug-likeness (QED) is 0.698. The zero-order chi connectivity index (χ0) is 21.9. The van der Waals surface area contributed by atoms with Gasteiger partial charge in [0.15, 0.2) is 0 Å². The highest BCUT2D eigenvalue weighted by atomic mass is 32.3. The van der Waals surface area contributed by atoms with Gasteiger partial charge in [-0.2, -0.15) is 8.42 Å². The first-order chi connectivity index (χ1) is 13.9. The van der Waals surface area contributed by atoms with E-state index in [4.69, 9.17) is 0 Å². The molecule has 3 aliphatic carbocycles. The molecule has 166 valence electrons. The Balaban J connectivity index is 1.56. The summed E-state index contributed by atoms with van der Waals surface area (Å²) in [6.07, 6.45) is 5.89. The molecule has 2 fully saturated rings. The van der Waals surface area contributed by atoms with Gasteiger partial charge in [0.1, 0.15) is 5.75 Å². The van der Waals surface area contributed by atoms with Crippen molar-refractivity contribution in [2.75, 3.05) is 0 Å². The third kappa shape index (κ3) is 3.97. The summed E-state index contributed by atoms with van der Waals surface area (Å²) in [4.78, 5) is 13.0. The molecule has 1 aromatic rings. The molecular formula is C23H32FNO4S. The fourth-order valence-electron chi connectivity index (χ4n) is 6.61. The summed E-state index contributed by atoms with van der Waals surface area (Å²) >= 11 is 0. The van der Waals surface area contributed by atoms with E-state index in [0.717, 1.165) is 44.1 Å². The number of halogens is 1. The SMILES string of the molecule is CC(C)(C)NC(=O)[C@H]1CCC2C3CCc4cc(OS(=O)(=O)F)ccc4C3CC[C@@]21C. The third-order valence-corrected chi connectivity index (χ3v) is 8.10. The highest BCUT2D eigenvalue weighted by molar-refractivity contribution is 7.81. The maximum atomic E-state index is 13.0. The molecule has 0 bridgehead atoms. The summed E-state index contributed by atoms with van der Waals surface area (Å²) in [6, 6.07) is 5.14. The molecule has 30 heavy (non-hydrogen) atoms. The summed E-state index contributed by atoms with van der Waals surface area (Å²) in [5, 5.41) is 3.20. The van der Waals surface area contributed by atoms with Gasteiger partial charge < -0.3 is 9.50 Å². The molecule has 5 atom stereocenters. The Morgan fingerprint density at radius 1 is 1.20 bits per heavy atom. The van der Waals surface area contributed by atoms with Crippen LogP contribution in [0, 0.1) is 23.2 Å². The lowest BCUT2D eigenvalue weighted by molar-refractivity contribution is -0.131. The van der Waals surface area contributed by atoms with E-state index < -0.39 is 10.5 Å². The minimum Gasteiger partial charge on any atom is -0.358 e. The van der Waals surface area contributed by atoms with Crippen LogP contribution in [-0.4, -0.2) is 19.9 Å². The predicted molar refractivity (Wildman–Crippen MR) is 113 cm³/mol. The van der Waals surface area contributed by atoms with E-state index in [0.29, 0.717) is 17.8 Å². The fourth-order valence-corrected chi connectivity index (χ4v) is 6.95. The first kappa shape index (κ1) is 21.6. The summed E-state index contributed by atoms with van der Waals surface area (Å²) in [7, 11) is -5.01. The van der Waals surface area contributed by atoms with Gasteiger partial charge in [-0.3, -0.25) is 4.79 Å². The van der Waals surface area contributed by atoms with E-state index in [2.05, 4.69) is 16.4 Å². The Morgan fingerprint density at radius 3 is 2.60 bits per heavy atom. The van der Waals surface area contributed by atoms with Crippen LogP contribution in [-0.2, 0) is 21.7 Å². The Kier molecular flexibility index (Phi) is 5.19. The first-order valence-corrected chi connectivity index (χ1v) is 12.3. The molecule has 0 spiro atoms. The number of amides is 1. The molecule has 0 aliphatic heterocycles. The van der Waals surface area contributed by atoms with Gasteiger partial charge in [-0.1, -0.05) is 16.9 Å². The molecule has 5 nitrogen and oxygen atoms in total. The molecule has 1 amide bonds. The average molecular weight is 438 g/mol. The van der Waals surface area contributed by atoms with Gasteiger partial charge in [-0.05, 0) is 106 Å². The average Bonchev–Trinajstić information content (AvgIpc) is 2.96. The van der Waals surface area contributed by atoms with Crippen LogP contribution in [0.3, 0.4) is 0 Å². The third-order valence-electron chi connectivity index (χ3n) is 7.71. The number of rotatable bonds is 3. The maximum Gasteiger partial charge on any atom is 0.488 e. The molecule has 0 saturated heterocycles. The lowest BCUT2D eigenvalue weighted by Crippen LogP contribution is -2.50. The Bertz CT molecular complexity index is 954. The fraction of sp³-hybridized carbons (Fsp3) is 0.696. The topological polar surface area (TPSA) is 72.5 Å². The van der Waals surface area contributed by atoms with Gasteiger partial charge in [0, 0.05) is 11.5 Å². The van der Waals surface area contributed by atoms with E-state index in [1.807, 2.05) is 26.8 Å². The molecule has 3 aliphatic rings. The van der Waals surface area contributed by atoms with Crippen molar-refractivity contribution in [3.63, 3.8) is 0 Å². The van der Waals surface area contributed by atoms with Gasteiger partial charge in [0.25, 0.3) is 0 Å². The van der Waals surface area contributed by atoms with E-state index in [-0.39, 0.29) is 28.5 Å². The molecule has 4 rings (SSSR count). The van der Waals surface area contributed by atoms with Gasteiger partial charge in [-0.25, -0.2) is 0 Å². The molecule has 0 heterocycles. The lowest BCUT2D eigenvalue weighted by atomic mass is 9.54. The van der Waals surface area contributed by atoms with E-state index >= 15 is 0 Å². The zero-order valence-corrected chi connectivity index (χ0v) is 19.0. The number of fused-ring (bicyclic) bond motifs is 5. The van der Waals surface area contributed by atoms with Crippen molar-refractivity contribution in [3.8, 4) is 5.75 Å². The molecule has 1 aromatic carbocycles. The molecule has 2 saturated carbocycles. The van der Waals surface area contributed by atoms with Crippen LogP contribution in [0.4, 0.5) is 3.89 Å². The van der Waals surface area contributed by atoms with Crippen molar-refractivity contribution >= 4 is 16.4 Å². The van der Waals surface area contributed by atoms with E-state index in [9.17, 15) is 17.1 Å². The van der Waals surface area contributed by atoms with Crippen LogP contribution >= 0.6 is 0 Å². The van der Waals surface area contributed by atoms with Crippen molar-refractivity contribution in [1.82, 2.24) is 5.32 Å². The van der Waals surface area contributed by atoms with Gasteiger partial charge in [0.2, 0.25) is 5.91 Å². The van der Waals surface area contributed by atoms with E-state index in [1.165, 1.54) is 5.56 Å². The smallest absolute Gasteiger partial charge is 0.358 e. The molecule has 1 N–H and O–H groups in total. The van der Waals surface area contributed by atoms with Crippen molar-refractivity contribution in [2.24, 2.45) is 23.2 Å². The normalized spacial score (nSPS) is 33.2. The second-order valence-electron chi connectivity index (χ2n) is 10.7. The summed E-state index contributed by atoms with van der Waals surface area (Å²) in [5.41, 5.74) is 2.10. The van der Waals surface area contributed by atoms with Crippen LogP contribution in [0.5, 0.6) is 5.75 Å². The van der Waals surface area contributed by atoms with Crippen LogP contribution in [0.1, 0.15) is 76.8 Å². The standard InChI is InChI=1S/C23H32FNO4S/c1-22(2,3)25-21(26)20-10-9-19-18-7-5-14-13-15(29-30(24,27)28)6-8-16(14)17(18)11-12-23(19,20)4/h6,8,13,17-20H,5,7,9-12H2,1-4H3,(H,25,26)/t17?,18?,19?,20-,23+/m1/s1. The van der Waals surface area contributed by atoms with Crippen molar-refractivity contribution in [2.45, 2.75) is 77.7 Å². The summed E-state index contributed by atoms with van der Waals surface area (Å²) in [5.74, 6) is 1.75. The van der Waals surface area contributed by atoms with Gasteiger partial charge in [0.05, 0.1) is 0 Å². The Morgan fingerprint density at radius 2 is 1.93 bits per heavy atom. The second-order valence-corrected chi connectivity index (χ2v) is 11.6. The largest absolute Gasteiger partial charge is 0.488 e. The molecule has 7 heteroatoms. The highest BCUT2D eigenvalue weighted by Crippen LogP contribution is 2.63. The highest BCUT2D eigenvalue weighted by Gasteiger charge is 2.56. The zero-order valence-electron chi connectivity index (χ0n) is 18.2. The lowest BCUT2D eigenvalue weighted by Gasteiger charge is -2.50. The van der Waals surface area contributed by atoms with Crippen molar-refractivity contribution in [3.05, 3.63) is 29.3 Å². The number of hydrogen-bond acceptors (Lipinski definition) is 4. The predicted octanol–water partition coefficient (Wildman–Crippen LogP) is 4.67. The minimum absolute atomic E-state index is 0.0271. The van der Waals surface area contributed by atoms with E-state index in [1.54, 1.807) is 12.1 Å². The first-order valence-electron chi connectivity index (χ1n) is 11.0. The number of carbonyl (C=O) groups excluding carboxylic acids is 1. The Hall–Kier alpha value is -1.63. The summed E-state index contributed by atoms with van der Waals surface area (Å²) < 4.78 is 38.9. The number of nitrogens with one attached hydrogen (secondary N) is 1. The van der Waals surface area contributed by atoms with Gasteiger partial charge in [-0.15, -0.1) is 0 Å². The minimum atomic E-state index is -5.01. The van der Waals surface area contributed by atoms with Crippen LogP contribution in [0.2, 0.25) is 0 Å². The molecule has 3 unspecified atom stereocenters. The monoisotopic (exact) mass is 437 g/mol. The summed E-state index contributed by atoms with van der Waals surface area (Å²) in [6.45, 7) is 8.40. The molecular weight excluding hydrogens is 405 g/mol. The maximum absolute atomic E-state index is 13.0. The second kappa shape index (κ2) is 7.21. The number of carbonyl (C=O) groups is 1. The van der Waals surface area contributed by atoms with Gasteiger partial charge >= 0.3 is 10.5 Å². The van der Waals surface area contributed by atoms with Crippen LogP contribution in [0.15, 0.2) is 18.2 Å². The number of benzene rings is 1. The Labute approximate surface area is 179 Å². The van der Waals surface area contributed by atoms with Crippen molar-refractivity contribution in [1.29, 1.82) is 0 Å². The number of aryl methyl sites for hydroxylation is 1. The van der Waals surface area contributed by atoms with Crippen LogP contribution in [0.25, 0.3) is 0 Å². The van der Waals surface area contributed by atoms with Crippen molar-refractivity contribution < 1.29 is 21.3 Å². The number of hydrogen-bond donors (Lipinski definition) is 1.